The summed E-state index contributed by atoms with van der Waals surface area (Å²) in [6.45, 7) is 1.99. The van der Waals surface area contributed by atoms with Crippen LogP contribution in [0.15, 0.2) is 42.5 Å². The van der Waals surface area contributed by atoms with Gasteiger partial charge in [0.15, 0.2) is 5.78 Å². The maximum absolute atomic E-state index is 12.8. The molecular weight excluding hydrogens is 291 g/mol. The lowest BCUT2D eigenvalue weighted by Crippen LogP contribution is -2.13. The van der Waals surface area contributed by atoms with Crippen LogP contribution in [0.5, 0.6) is 5.75 Å². The molecule has 0 N–H and O–H groups in total. The Hall–Kier alpha value is -1.87. The van der Waals surface area contributed by atoms with E-state index in [1.165, 1.54) is 12.1 Å². The molecule has 0 bridgehead atoms. The van der Waals surface area contributed by atoms with Gasteiger partial charge < -0.3 is 4.74 Å². The average Bonchev–Trinajstić information content (AvgIpc) is 2.49. The Balaban J connectivity index is 1.90. The van der Waals surface area contributed by atoms with Crippen LogP contribution < -0.4 is 4.74 Å². The molecule has 0 spiro atoms. The quantitative estimate of drug-likeness (QED) is 0.798. The molecule has 0 atom stereocenters. The lowest BCUT2D eigenvalue weighted by Gasteiger charge is -2.08. The third-order valence-corrected chi connectivity index (χ3v) is 3.48. The highest BCUT2D eigenvalue weighted by Gasteiger charge is 2.07. The molecule has 0 saturated carbocycles. The molecule has 0 unspecified atom stereocenters. The summed E-state index contributed by atoms with van der Waals surface area (Å²) in [7, 11) is 0. The van der Waals surface area contributed by atoms with Gasteiger partial charge in [-0.05, 0) is 47.9 Å². The number of benzene rings is 2. The van der Waals surface area contributed by atoms with Crippen LogP contribution in [0, 0.1) is 5.82 Å². The standard InChI is InChI=1S/C17H16ClFO2/c1-2-13-10-16(7-8-17(13)18)21-11-15(20)9-12-3-5-14(19)6-4-12/h3-8,10H,2,9,11H2,1H3. The predicted octanol–water partition coefficient (Wildman–Crippen LogP) is 4.23. The second-order valence-corrected chi connectivity index (χ2v) is 5.14. The maximum atomic E-state index is 12.8. The van der Waals surface area contributed by atoms with Gasteiger partial charge in [-0.2, -0.15) is 0 Å². The molecule has 0 radical (unpaired) electrons. The first-order valence-corrected chi connectivity index (χ1v) is 7.13. The Labute approximate surface area is 128 Å². The number of carbonyl (C=O) groups excluding carboxylic acids is 1. The Bertz CT molecular complexity index is 623. The van der Waals surface area contributed by atoms with Gasteiger partial charge >= 0.3 is 0 Å². The third kappa shape index (κ3) is 4.57. The van der Waals surface area contributed by atoms with E-state index in [4.69, 9.17) is 16.3 Å². The molecule has 2 nitrogen and oxygen atoms in total. The zero-order chi connectivity index (χ0) is 15.2. The summed E-state index contributed by atoms with van der Waals surface area (Å²) < 4.78 is 18.3. The van der Waals surface area contributed by atoms with Crippen molar-refractivity contribution in [1.82, 2.24) is 0 Å². The lowest BCUT2D eigenvalue weighted by atomic mass is 10.1. The minimum atomic E-state index is -0.310. The highest BCUT2D eigenvalue weighted by atomic mass is 35.5. The van der Waals surface area contributed by atoms with E-state index in [0.717, 1.165) is 17.5 Å². The minimum Gasteiger partial charge on any atom is -0.486 e. The number of ketones is 1. The molecule has 0 heterocycles. The Kier molecular flexibility index (Phi) is 5.34. The van der Waals surface area contributed by atoms with Gasteiger partial charge in [-0.15, -0.1) is 0 Å². The molecular formula is C17H16ClFO2. The average molecular weight is 307 g/mol. The number of carbonyl (C=O) groups is 1. The SMILES string of the molecule is CCc1cc(OCC(=O)Cc2ccc(F)cc2)ccc1Cl. The summed E-state index contributed by atoms with van der Waals surface area (Å²) >= 11 is 6.03. The van der Waals surface area contributed by atoms with Crippen molar-refractivity contribution in [2.24, 2.45) is 0 Å². The van der Waals surface area contributed by atoms with Crippen molar-refractivity contribution in [3.8, 4) is 5.75 Å². The van der Waals surface area contributed by atoms with Gasteiger partial charge in [-0.1, -0.05) is 30.7 Å². The smallest absolute Gasteiger partial charge is 0.174 e. The van der Waals surface area contributed by atoms with E-state index in [9.17, 15) is 9.18 Å². The molecule has 0 aliphatic rings. The molecule has 2 rings (SSSR count). The molecule has 0 saturated heterocycles. The zero-order valence-corrected chi connectivity index (χ0v) is 12.5. The van der Waals surface area contributed by atoms with E-state index in [2.05, 4.69) is 0 Å². The zero-order valence-electron chi connectivity index (χ0n) is 11.7. The number of Topliss-reactive ketones (excluding diaryl/α,β-unsaturated/α-hetero) is 1. The summed E-state index contributed by atoms with van der Waals surface area (Å²) in [4.78, 5) is 11.8. The van der Waals surface area contributed by atoms with Crippen molar-refractivity contribution < 1.29 is 13.9 Å². The lowest BCUT2D eigenvalue weighted by molar-refractivity contribution is -0.120. The van der Waals surface area contributed by atoms with E-state index >= 15 is 0 Å². The fourth-order valence-electron chi connectivity index (χ4n) is 1.96. The van der Waals surface area contributed by atoms with Gasteiger partial charge in [0.1, 0.15) is 18.2 Å². The predicted molar refractivity (Wildman–Crippen MR) is 81.4 cm³/mol. The molecule has 2 aromatic rings. The fraction of sp³-hybridized carbons (Fsp3) is 0.235. The van der Waals surface area contributed by atoms with Crippen molar-refractivity contribution in [2.75, 3.05) is 6.61 Å². The first-order chi connectivity index (χ1) is 10.1. The minimum absolute atomic E-state index is 0.0117. The number of hydrogen-bond donors (Lipinski definition) is 0. The van der Waals surface area contributed by atoms with Crippen LogP contribution in [0.25, 0.3) is 0 Å². The topological polar surface area (TPSA) is 26.3 Å². The number of aryl methyl sites for hydroxylation is 1. The van der Waals surface area contributed by atoms with Crippen LogP contribution in [-0.2, 0) is 17.6 Å². The van der Waals surface area contributed by atoms with Crippen LogP contribution in [0.4, 0.5) is 4.39 Å². The van der Waals surface area contributed by atoms with Crippen LogP contribution in [-0.4, -0.2) is 12.4 Å². The van der Waals surface area contributed by atoms with Crippen LogP contribution in [0.2, 0.25) is 5.02 Å². The van der Waals surface area contributed by atoms with Crippen LogP contribution in [0.3, 0.4) is 0 Å². The van der Waals surface area contributed by atoms with Gasteiger partial charge in [-0.25, -0.2) is 4.39 Å². The molecule has 0 amide bonds. The van der Waals surface area contributed by atoms with Gasteiger partial charge in [0.05, 0.1) is 0 Å². The van der Waals surface area contributed by atoms with Crippen molar-refractivity contribution in [3.63, 3.8) is 0 Å². The highest BCUT2D eigenvalue weighted by Crippen LogP contribution is 2.22. The first-order valence-electron chi connectivity index (χ1n) is 6.76. The molecule has 21 heavy (non-hydrogen) atoms. The molecule has 0 aliphatic carbocycles. The van der Waals surface area contributed by atoms with Crippen molar-refractivity contribution in [1.29, 1.82) is 0 Å². The Morgan fingerprint density at radius 3 is 2.57 bits per heavy atom. The van der Waals surface area contributed by atoms with Crippen molar-refractivity contribution in [2.45, 2.75) is 19.8 Å². The second-order valence-electron chi connectivity index (χ2n) is 4.74. The third-order valence-electron chi connectivity index (χ3n) is 3.11. The number of ether oxygens (including phenoxy) is 1. The Morgan fingerprint density at radius 1 is 1.19 bits per heavy atom. The Morgan fingerprint density at radius 2 is 1.90 bits per heavy atom. The van der Waals surface area contributed by atoms with Gasteiger partial charge in [0, 0.05) is 11.4 Å². The summed E-state index contributed by atoms with van der Waals surface area (Å²) in [6, 6.07) is 11.2. The van der Waals surface area contributed by atoms with E-state index < -0.39 is 0 Å². The normalized spacial score (nSPS) is 10.4. The molecule has 110 valence electrons. The van der Waals surface area contributed by atoms with Gasteiger partial charge in [0.2, 0.25) is 0 Å². The van der Waals surface area contributed by atoms with Crippen LogP contribution in [0.1, 0.15) is 18.1 Å². The van der Waals surface area contributed by atoms with Crippen molar-refractivity contribution in [3.05, 3.63) is 64.4 Å². The van der Waals surface area contributed by atoms with Crippen molar-refractivity contribution >= 4 is 17.4 Å². The summed E-state index contributed by atoms with van der Waals surface area (Å²) in [5.41, 5.74) is 1.76. The number of rotatable bonds is 6. The molecule has 0 aliphatic heterocycles. The second kappa shape index (κ2) is 7.23. The van der Waals surface area contributed by atoms with E-state index in [-0.39, 0.29) is 24.6 Å². The van der Waals surface area contributed by atoms with Gasteiger partial charge in [-0.3, -0.25) is 4.79 Å². The molecule has 0 fully saturated rings. The van der Waals surface area contributed by atoms with E-state index in [1.807, 2.05) is 13.0 Å². The summed E-state index contributed by atoms with van der Waals surface area (Å²) in [6.07, 6.45) is 1.04. The highest BCUT2D eigenvalue weighted by molar-refractivity contribution is 6.31. The number of halogens is 2. The number of hydrogen-bond acceptors (Lipinski definition) is 2. The largest absolute Gasteiger partial charge is 0.486 e. The molecule has 2 aromatic carbocycles. The molecule has 4 heteroatoms. The van der Waals surface area contributed by atoms with E-state index in [0.29, 0.717) is 10.8 Å². The maximum Gasteiger partial charge on any atom is 0.174 e. The molecule has 0 aromatic heterocycles. The summed E-state index contributed by atoms with van der Waals surface area (Å²) in [5.74, 6) is 0.258. The summed E-state index contributed by atoms with van der Waals surface area (Å²) in [5, 5.41) is 0.697. The van der Waals surface area contributed by atoms with E-state index in [1.54, 1.807) is 24.3 Å². The monoisotopic (exact) mass is 306 g/mol. The van der Waals surface area contributed by atoms with Gasteiger partial charge in [0.25, 0.3) is 0 Å². The van der Waals surface area contributed by atoms with Crippen LogP contribution >= 0.6 is 11.6 Å². The first kappa shape index (κ1) is 15.5. The fourth-order valence-corrected chi connectivity index (χ4v) is 2.21.